The largest absolute Gasteiger partial charge is 1.00 e. The zero-order chi connectivity index (χ0) is 21.3. The Hall–Kier alpha value is -1.96. The molecule has 0 aliphatic heterocycles. The van der Waals surface area contributed by atoms with E-state index < -0.39 is 26.8 Å². The summed E-state index contributed by atoms with van der Waals surface area (Å²) in [6, 6.07) is 41.2. The minimum atomic E-state index is -2.22. The van der Waals surface area contributed by atoms with E-state index >= 15 is 0 Å². The molecule has 0 spiro atoms. The van der Waals surface area contributed by atoms with Gasteiger partial charge < -0.3 is 24.8 Å². The molecule has 0 N–H and O–H groups in total. The Morgan fingerprint density at radius 1 is 0.471 bits per heavy atom. The van der Waals surface area contributed by atoms with Crippen LogP contribution in [0.1, 0.15) is 29.5 Å². The Kier molecular flexibility index (Phi) is 8.27. The number of rotatable bonds is 5. The maximum absolute atomic E-state index is 2.57. The summed E-state index contributed by atoms with van der Waals surface area (Å²) in [5.74, 6) is -1.40. The van der Waals surface area contributed by atoms with Gasteiger partial charge >= 0.3 is 200 Å². The second-order valence-electron chi connectivity index (χ2n) is 8.69. The van der Waals surface area contributed by atoms with Gasteiger partial charge in [0.2, 0.25) is 0 Å². The van der Waals surface area contributed by atoms with Gasteiger partial charge in [0.25, 0.3) is 0 Å². The van der Waals surface area contributed by atoms with Crippen LogP contribution in [0.4, 0.5) is 0 Å². The van der Waals surface area contributed by atoms with Gasteiger partial charge in [-0.3, -0.25) is 0 Å². The average Bonchev–Trinajstić information content (AvgIpc) is 3.48. The third-order valence-corrected chi connectivity index (χ3v) is 29.8. The Bertz CT molecular complexity index is 1200. The summed E-state index contributed by atoms with van der Waals surface area (Å²) in [5.41, 5.74) is 6.01. The van der Waals surface area contributed by atoms with Gasteiger partial charge in [-0.25, -0.2) is 0 Å². The van der Waals surface area contributed by atoms with Crippen LogP contribution in [0.5, 0.6) is 0 Å². The predicted molar refractivity (Wildman–Crippen MR) is 136 cm³/mol. The zero-order valence-corrected chi connectivity index (χ0v) is 23.8. The molecular formula is C30H25Cl2SiZr. The van der Waals surface area contributed by atoms with E-state index in [1.165, 1.54) is 11.1 Å². The number of hydrogen-bond acceptors (Lipinski definition) is 0. The summed E-state index contributed by atoms with van der Waals surface area (Å²) >= 11 is -2.22. The van der Waals surface area contributed by atoms with E-state index in [-0.39, 0.29) is 24.8 Å². The van der Waals surface area contributed by atoms with E-state index in [1.54, 1.807) is 21.5 Å². The van der Waals surface area contributed by atoms with Crippen molar-refractivity contribution in [2.24, 2.45) is 0 Å². The maximum Gasteiger partial charge on any atom is -1.00 e. The molecule has 4 heteroatoms. The standard InChI is InChI=1S/C12H11Si.2C9H7.2ClH.Zr/c1-3-7-11(8-4-1)13-12-9-5-2-6-10-12;2*1-2-5-9-7-3-6-8(9)4-1;;;/h1-10,13H;2*1-7H;2*1H;/q;;;;;+2/p-2. The Labute approximate surface area is 223 Å². The molecule has 0 aromatic heterocycles. The van der Waals surface area contributed by atoms with Gasteiger partial charge in [-0.1, -0.05) is 0 Å². The molecule has 0 fully saturated rings. The SMILES string of the molecule is C1=C[CH]([Zr+2]([CH]2C=Cc3ccccc32)[SiH](c2ccccc2)c2ccccc2)c2ccccc21.[Cl-].[Cl-]. The van der Waals surface area contributed by atoms with Crippen molar-refractivity contribution < 1.29 is 45.7 Å². The minimum Gasteiger partial charge on any atom is -1.00 e. The van der Waals surface area contributed by atoms with Crippen LogP contribution in [-0.4, -0.2) is 5.92 Å². The van der Waals surface area contributed by atoms with Crippen molar-refractivity contribution in [1.82, 2.24) is 0 Å². The van der Waals surface area contributed by atoms with Crippen LogP contribution in [0.3, 0.4) is 0 Å². The van der Waals surface area contributed by atoms with Crippen molar-refractivity contribution in [3.63, 3.8) is 0 Å². The number of benzene rings is 4. The molecule has 4 aromatic carbocycles. The van der Waals surface area contributed by atoms with Crippen LogP contribution in [0, 0.1) is 0 Å². The third-order valence-electron chi connectivity index (χ3n) is 6.92. The van der Waals surface area contributed by atoms with E-state index in [1.807, 2.05) is 0 Å². The number of allylic oxidation sites excluding steroid dienone is 2. The maximum atomic E-state index is 2.57. The molecule has 0 saturated carbocycles. The molecule has 4 aromatic rings. The average molecular weight is 576 g/mol. The fourth-order valence-corrected chi connectivity index (χ4v) is 31.4. The van der Waals surface area contributed by atoms with Gasteiger partial charge in [-0.2, -0.15) is 0 Å². The third kappa shape index (κ3) is 4.62. The normalized spacial score (nSPS) is 17.0. The first-order chi connectivity index (χ1) is 15.9. The van der Waals surface area contributed by atoms with Gasteiger partial charge in [0, 0.05) is 0 Å². The van der Waals surface area contributed by atoms with Crippen molar-refractivity contribution in [2.45, 2.75) is 7.25 Å². The van der Waals surface area contributed by atoms with Gasteiger partial charge in [0.15, 0.2) is 0 Å². The van der Waals surface area contributed by atoms with Gasteiger partial charge in [0.1, 0.15) is 0 Å². The summed E-state index contributed by atoms with van der Waals surface area (Å²) in [4.78, 5) is 0. The van der Waals surface area contributed by atoms with Crippen LogP contribution < -0.4 is 35.2 Å². The van der Waals surface area contributed by atoms with E-state index in [9.17, 15) is 0 Å². The predicted octanol–water partition coefficient (Wildman–Crippen LogP) is -0.313. The molecule has 167 valence electrons. The summed E-state index contributed by atoms with van der Waals surface area (Å²) in [6.45, 7) is 0. The molecule has 0 nitrogen and oxygen atoms in total. The van der Waals surface area contributed by atoms with Crippen LogP contribution >= 0.6 is 0 Å². The zero-order valence-electron chi connectivity index (χ0n) is 18.7. The molecule has 0 heterocycles. The van der Waals surface area contributed by atoms with Crippen LogP contribution in [0.25, 0.3) is 12.2 Å². The van der Waals surface area contributed by atoms with E-state index in [4.69, 9.17) is 0 Å². The van der Waals surface area contributed by atoms with Crippen LogP contribution in [0.15, 0.2) is 121 Å². The first kappa shape index (κ1) is 25.1. The molecule has 0 saturated heterocycles. The number of halogens is 2. The monoisotopic (exact) mass is 573 g/mol. The van der Waals surface area contributed by atoms with Crippen LogP contribution in [-0.2, 0) is 20.9 Å². The van der Waals surface area contributed by atoms with Crippen molar-refractivity contribution in [3.05, 3.63) is 144 Å². The smallest absolute Gasteiger partial charge is 1.00 e. The van der Waals surface area contributed by atoms with Crippen molar-refractivity contribution in [3.8, 4) is 0 Å². The van der Waals surface area contributed by atoms with Crippen molar-refractivity contribution in [2.75, 3.05) is 0 Å². The van der Waals surface area contributed by atoms with Crippen molar-refractivity contribution in [1.29, 1.82) is 0 Å². The molecule has 34 heavy (non-hydrogen) atoms. The number of fused-ring (bicyclic) bond motifs is 2. The Balaban J connectivity index is 0.00000137. The summed E-state index contributed by atoms with van der Waals surface area (Å²) < 4.78 is 1.23. The fraction of sp³-hybridized carbons (Fsp3) is 0.0667. The van der Waals surface area contributed by atoms with E-state index in [0.29, 0.717) is 7.25 Å². The Morgan fingerprint density at radius 3 is 1.29 bits per heavy atom. The number of hydrogen-bond donors (Lipinski definition) is 0. The fourth-order valence-electron chi connectivity index (χ4n) is 5.50. The van der Waals surface area contributed by atoms with Crippen molar-refractivity contribution >= 4 is 28.4 Å². The van der Waals surface area contributed by atoms with Gasteiger partial charge in [-0.05, 0) is 0 Å². The molecule has 6 rings (SSSR count). The quantitative estimate of drug-likeness (QED) is 0.287. The first-order valence-corrected chi connectivity index (χ1v) is 20.2. The molecule has 2 aliphatic rings. The second kappa shape index (κ2) is 11.2. The molecular weight excluding hydrogens is 551 g/mol. The molecule has 2 unspecified atom stereocenters. The Morgan fingerprint density at radius 2 is 0.853 bits per heavy atom. The summed E-state index contributed by atoms with van der Waals surface area (Å²) in [5, 5.41) is 3.23. The molecule has 0 amide bonds. The minimum absolute atomic E-state index is 0. The molecule has 2 atom stereocenters. The molecule has 2 aliphatic carbocycles. The second-order valence-corrected chi connectivity index (χ2v) is 24.6. The van der Waals surface area contributed by atoms with E-state index in [0.717, 1.165) is 0 Å². The van der Waals surface area contributed by atoms with Gasteiger partial charge in [0.05, 0.1) is 0 Å². The van der Waals surface area contributed by atoms with Gasteiger partial charge in [-0.15, -0.1) is 0 Å². The molecule has 0 radical (unpaired) electrons. The first-order valence-electron chi connectivity index (χ1n) is 11.4. The van der Waals surface area contributed by atoms with Crippen LogP contribution in [0.2, 0.25) is 0 Å². The van der Waals surface area contributed by atoms with E-state index in [2.05, 4.69) is 133 Å². The summed E-state index contributed by atoms with van der Waals surface area (Å²) in [7, 11) is 0. The summed E-state index contributed by atoms with van der Waals surface area (Å²) in [6.07, 6.45) is 9.93. The molecule has 0 bridgehead atoms. The topological polar surface area (TPSA) is 0 Å².